The summed E-state index contributed by atoms with van der Waals surface area (Å²) in [4.78, 5) is 0. The molecule has 2 nitrogen and oxygen atoms in total. The predicted octanol–water partition coefficient (Wildman–Crippen LogP) is 4.74. The van der Waals surface area contributed by atoms with E-state index < -0.39 is 0 Å². The molecule has 1 atom stereocenters. The van der Waals surface area contributed by atoms with Gasteiger partial charge in [0.05, 0.1) is 7.11 Å². The van der Waals surface area contributed by atoms with Crippen LogP contribution in [-0.2, 0) is 6.42 Å². The summed E-state index contributed by atoms with van der Waals surface area (Å²) in [6.45, 7) is 3.21. The van der Waals surface area contributed by atoms with E-state index >= 15 is 0 Å². The maximum atomic E-state index is 5.22. The van der Waals surface area contributed by atoms with Crippen molar-refractivity contribution in [3.05, 3.63) is 64.1 Å². The molecule has 2 aromatic rings. The second-order valence-corrected chi connectivity index (χ2v) is 5.93. The van der Waals surface area contributed by atoms with Gasteiger partial charge in [-0.1, -0.05) is 53.2 Å². The highest BCUT2D eigenvalue weighted by Crippen LogP contribution is 2.26. The molecule has 0 bridgehead atoms. The van der Waals surface area contributed by atoms with Crippen LogP contribution in [0.5, 0.6) is 5.75 Å². The second-order valence-electron chi connectivity index (χ2n) is 5.08. The molecule has 0 amide bonds. The zero-order valence-electron chi connectivity index (χ0n) is 12.6. The number of nitrogens with one attached hydrogen (secondary N) is 1. The largest absolute Gasteiger partial charge is 0.497 e. The van der Waals surface area contributed by atoms with Crippen LogP contribution >= 0.6 is 15.9 Å². The Balaban J connectivity index is 2.17. The Labute approximate surface area is 135 Å². The summed E-state index contributed by atoms with van der Waals surface area (Å²) in [5.41, 5.74) is 2.61. The maximum absolute atomic E-state index is 5.22. The van der Waals surface area contributed by atoms with Gasteiger partial charge in [0.25, 0.3) is 0 Å². The first-order valence-electron chi connectivity index (χ1n) is 7.35. The van der Waals surface area contributed by atoms with Gasteiger partial charge >= 0.3 is 0 Å². The fourth-order valence-corrected chi connectivity index (χ4v) is 2.93. The van der Waals surface area contributed by atoms with Crippen LogP contribution in [0.4, 0.5) is 0 Å². The van der Waals surface area contributed by atoms with Gasteiger partial charge < -0.3 is 10.1 Å². The van der Waals surface area contributed by atoms with Crippen LogP contribution in [0.1, 0.15) is 30.5 Å². The van der Waals surface area contributed by atoms with E-state index in [9.17, 15) is 0 Å². The average Bonchev–Trinajstić information content (AvgIpc) is 2.53. The van der Waals surface area contributed by atoms with Gasteiger partial charge in [0.15, 0.2) is 0 Å². The summed E-state index contributed by atoms with van der Waals surface area (Å²) in [6, 6.07) is 17.1. The maximum Gasteiger partial charge on any atom is 0.118 e. The van der Waals surface area contributed by atoms with E-state index in [1.807, 2.05) is 12.1 Å². The van der Waals surface area contributed by atoms with E-state index in [0.29, 0.717) is 6.04 Å². The molecule has 2 aromatic carbocycles. The molecule has 0 aliphatic rings. The summed E-state index contributed by atoms with van der Waals surface area (Å²) < 4.78 is 6.38. The van der Waals surface area contributed by atoms with Crippen molar-refractivity contribution in [2.75, 3.05) is 13.7 Å². The molecule has 0 radical (unpaired) electrons. The molecule has 2 rings (SSSR count). The molecular formula is C18H22BrNO. The molecule has 0 heterocycles. The third-order valence-corrected chi connectivity index (χ3v) is 4.24. The molecular weight excluding hydrogens is 326 g/mol. The number of methoxy groups -OCH3 is 1. The Morgan fingerprint density at radius 3 is 2.43 bits per heavy atom. The van der Waals surface area contributed by atoms with Gasteiger partial charge in [-0.3, -0.25) is 0 Å². The smallest absolute Gasteiger partial charge is 0.118 e. The molecule has 0 fully saturated rings. The fraction of sp³-hybridized carbons (Fsp3) is 0.333. The van der Waals surface area contributed by atoms with Crippen molar-refractivity contribution in [1.82, 2.24) is 5.32 Å². The topological polar surface area (TPSA) is 21.3 Å². The Morgan fingerprint density at radius 1 is 1.10 bits per heavy atom. The van der Waals surface area contributed by atoms with Crippen LogP contribution in [-0.4, -0.2) is 13.7 Å². The van der Waals surface area contributed by atoms with E-state index in [1.165, 1.54) is 11.1 Å². The van der Waals surface area contributed by atoms with Crippen molar-refractivity contribution in [2.45, 2.75) is 25.8 Å². The normalized spacial score (nSPS) is 12.1. The number of rotatable bonds is 7. The van der Waals surface area contributed by atoms with Gasteiger partial charge in [-0.2, -0.15) is 0 Å². The molecule has 0 saturated heterocycles. The molecule has 0 aliphatic heterocycles. The first-order chi connectivity index (χ1) is 10.2. The summed E-state index contributed by atoms with van der Waals surface area (Å²) in [5.74, 6) is 0.901. The average molecular weight is 348 g/mol. The van der Waals surface area contributed by atoms with Gasteiger partial charge in [-0.05, 0) is 48.7 Å². The van der Waals surface area contributed by atoms with Gasteiger partial charge in [-0.25, -0.2) is 0 Å². The van der Waals surface area contributed by atoms with Crippen LogP contribution in [0.2, 0.25) is 0 Å². The lowest BCUT2D eigenvalue weighted by atomic mass is 9.98. The Kier molecular flexibility index (Phi) is 6.27. The zero-order valence-corrected chi connectivity index (χ0v) is 14.2. The van der Waals surface area contributed by atoms with E-state index in [4.69, 9.17) is 4.74 Å². The standard InChI is InChI=1S/C18H22BrNO/c1-3-12-20-18(16-6-4-5-7-17(16)19)13-14-8-10-15(21-2)11-9-14/h4-11,18,20H,3,12-13H2,1-2H3. The minimum Gasteiger partial charge on any atom is -0.497 e. The van der Waals surface area contributed by atoms with E-state index in [-0.39, 0.29) is 0 Å². The van der Waals surface area contributed by atoms with Crippen LogP contribution in [0.3, 0.4) is 0 Å². The SMILES string of the molecule is CCCNC(Cc1ccc(OC)cc1)c1ccccc1Br. The van der Waals surface area contributed by atoms with Crippen molar-refractivity contribution in [3.63, 3.8) is 0 Å². The van der Waals surface area contributed by atoms with Crippen LogP contribution in [0.25, 0.3) is 0 Å². The minimum atomic E-state index is 0.314. The highest BCUT2D eigenvalue weighted by atomic mass is 79.9. The van der Waals surface area contributed by atoms with Crippen molar-refractivity contribution >= 4 is 15.9 Å². The van der Waals surface area contributed by atoms with Crippen molar-refractivity contribution < 1.29 is 4.74 Å². The van der Waals surface area contributed by atoms with Crippen molar-refractivity contribution in [1.29, 1.82) is 0 Å². The van der Waals surface area contributed by atoms with Gasteiger partial charge in [0.2, 0.25) is 0 Å². The highest BCUT2D eigenvalue weighted by Gasteiger charge is 2.14. The first kappa shape index (κ1) is 16.1. The summed E-state index contributed by atoms with van der Waals surface area (Å²) in [7, 11) is 1.70. The van der Waals surface area contributed by atoms with Crippen molar-refractivity contribution in [2.24, 2.45) is 0 Å². The number of hydrogen-bond donors (Lipinski definition) is 1. The lowest BCUT2D eigenvalue weighted by molar-refractivity contribution is 0.414. The number of ether oxygens (including phenoxy) is 1. The molecule has 0 aliphatic carbocycles. The van der Waals surface area contributed by atoms with E-state index in [2.05, 4.69) is 64.6 Å². The minimum absolute atomic E-state index is 0.314. The number of hydrogen-bond acceptors (Lipinski definition) is 2. The molecule has 0 spiro atoms. The summed E-state index contributed by atoms with van der Waals surface area (Å²) in [6.07, 6.45) is 2.09. The zero-order chi connectivity index (χ0) is 15.1. The van der Waals surface area contributed by atoms with Crippen LogP contribution in [0, 0.1) is 0 Å². The fourth-order valence-electron chi connectivity index (χ4n) is 2.37. The Morgan fingerprint density at radius 2 is 1.81 bits per heavy atom. The first-order valence-corrected chi connectivity index (χ1v) is 8.14. The molecule has 1 unspecified atom stereocenters. The van der Waals surface area contributed by atoms with Crippen molar-refractivity contribution in [3.8, 4) is 5.75 Å². The van der Waals surface area contributed by atoms with E-state index in [1.54, 1.807) is 7.11 Å². The monoisotopic (exact) mass is 347 g/mol. The molecule has 0 aromatic heterocycles. The highest BCUT2D eigenvalue weighted by molar-refractivity contribution is 9.10. The lowest BCUT2D eigenvalue weighted by Crippen LogP contribution is -2.24. The summed E-state index contributed by atoms with van der Waals surface area (Å²) >= 11 is 3.66. The van der Waals surface area contributed by atoms with Gasteiger partial charge in [-0.15, -0.1) is 0 Å². The Hall–Kier alpha value is -1.32. The third-order valence-electron chi connectivity index (χ3n) is 3.52. The predicted molar refractivity (Wildman–Crippen MR) is 91.9 cm³/mol. The lowest BCUT2D eigenvalue weighted by Gasteiger charge is -2.20. The number of halogens is 1. The summed E-state index contributed by atoms with van der Waals surface area (Å²) in [5, 5.41) is 3.64. The van der Waals surface area contributed by atoms with Crippen LogP contribution in [0.15, 0.2) is 53.0 Å². The molecule has 1 N–H and O–H groups in total. The second kappa shape index (κ2) is 8.20. The van der Waals surface area contributed by atoms with Crippen LogP contribution < -0.4 is 10.1 Å². The molecule has 112 valence electrons. The molecule has 0 saturated carbocycles. The van der Waals surface area contributed by atoms with Gasteiger partial charge in [0.1, 0.15) is 5.75 Å². The molecule has 3 heteroatoms. The molecule has 21 heavy (non-hydrogen) atoms. The third kappa shape index (κ3) is 4.58. The Bertz CT molecular complexity index is 553. The van der Waals surface area contributed by atoms with E-state index in [0.717, 1.165) is 29.6 Å². The quantitative estimate of drug-likeness (QED) is 0.780. The van der Waals surface area contributed by atoms with Gasteiger partial charge in [0, 0.05) is 10.5 Å². The number of benzene rings is 2.